The Morgan fingerprint density at radius 3 is 2.25 bits per heavy atom. The molecule has 2 saturated heterocycles. The second-order valence-corrected chi connectivity index (χ2v) is 7.66. The third-order valence-electron chi connectivity index (χ3n) is 6.12. The summed E-state index contributed by atoms with van der Waals surface area (Å²) in [5.41, 5.74) is 2.37. The molecular formula is C23H19N3O2. The topological polar surface area (TPSA) is 64.4 Å². The van der Waals surface area contributed by atoms with Gasteiger partial charge in [0.1, 0.15) is 0 Å². The fourth-order valence-corrected chi connectivity index (χ4v) is 5.01. The number of imide groups is 1. The van der Waals surface area contributed by atoms with Crippen LogP contribution in [-0.4, -0.2) is 29.3 Å². The summed E-state index contributed by atoms with van der Waals surface area (Å²) in [5.74, 6) is -1.30. The summed E-state index contributed by atoms with van der Waals surface area (Å²) in [5, 5.41) is 9.70. The van der Waals surface area contributed by atoms with E-state index in [-0.39, 0.29) is 29.7 Å². The smallest absolute Gasteiger partial charge is 0.239 e. The van der Waals surface area contributed by atoms with Crippen LogP contribution in [-0.2, 0) is 16.1 Å². The molecule has 5 heteroatoms. The third kappa shape index (κ3) is 2.42. The SMILES string of the molecule is N#CC1=CC2CN(Cc3ccccc3)C1C1C(=O)N(c3ccccc3)C(=O)C21. The van der Waals surface area contributed by atoms with E-state index in [2.05, 4.69) is 11.0 Å². The minimum absolute atomic E-state index is 0.112. The summed E-state index contributed by atoms with van der Waals surface area (Å²) >= 11 is 0. The molecule has 2 aromatic carbocycles. The maximum atomic E-state index is 13.3. The average molecular weight is 369 g/mol. The molecule has 3 heterocycles. The zero-order valence-electron chi connectivity index (χ0n) is 15.2. The zero-order chi connectivity index (χ0) is 19.3. The van der Waals surface area contributed by atoms with Gasteiger partial charge in [-0.25, -0.2) is 4.90 Å². The van der Waals surface area contributed by atoms with Crippen molar-refractivity contribution in [1.82, 2.24) is 4.90 Å². The first-order valence-electron chi connectivity index (χ1n) is 9.51. The van der Waals surface area contributed by atoms with E-state index in [1.165, 1.54) is 4.90 Å². The second kappa shape index (κ2) is 6.43. The summed E-state index contributed by atoms with van der Waals surface area (Å²) in [7, 11) is 0. The number of nitriles is 1. The maximum absolute atomic E-state index is 13.3. The Morgan fingerprint density at radius 1 is 0.929 bits per heavy atom. The number of carbonyl (C=O) groups excluding carboxylic acids is 2. The van der Waals surface area contributed by atoms with Crippen LogP contribution >= 0.6 is 0 Å². The summed E-state index contributed by atoms with van der Waals surface area (Å²) in [6.07, 6.45) is 1.92. The predicted octanol–water partition coefficient (Wildman–Crippen LogP) is 2.76. The monoisotopic (exact) mass is 369 g/mol. The average Bonchev–Trinajstić information content (AvgIpc) is 3.01. The Bertz CT molecular complexity index is 1010. The largest absolute Gasteiger partial charge is 0.290 e. The lowest BCUT2D eigenvalue weighted by molar-refractivity contribution is -0.127. The molecule has 4 aliphatic rings. The number of piperidine rings is 1. The molecule has 3 aliphatic heterocycles. The molecule has 5 nitrogen and oxygen atoms in total. The molecule has 0 aromatic heterocycles. The number of carbonyl (C=O) groups is 2. The summed E-state index contributed by atoms with van der Waals surface area (Å²) in [4.78, 5) is 30.0. The fourth-order valence-electron chi connectivity index (χ4n) is 5.01. The number of amides is 2. The quantitative estimate of drug-likeness (QED) is 0.781. The third-order valence-corrected chi connectivity index (χ3v) is 6.12. The highest BCUT2D eigenvalue weighted by Crippen LogP contribution is 2.48. The van der Waals surface area contributed by atoms with E-state index in [1.54, 1.807) is 12.1 Å². The van der Waals surface area contributed by atoms with Gasteiger partial charge in [0.25, 0.3) is 0 Å². The number of fused-ring (bicyclic) bond motifs is 1. The Balaban J connectivity index is 1.53. The van der Waals surface area contributed by atoms with Gasteiger partial charge in [0.05, 0.1) is 29.6 Å². The van der Waals surface area contributed by atoms with Crippen molar-refractivity contribution in [2.75, 3.05) is 11.4 Å². The first-order chi connectivity index (χ1) is 13.7. The lowest BCUT2D eigenvalue weighted by Gasteiger charge is -2.48. The number of anilines is 1. The molecule has 2 amide bonds. The van der Waals surface area contributed by atoms with Crippen LogP contribution < -0.4 is 4.90 Å². The van der Waals surface area contributed by atoms with Crippen molar-refractivity contribution in [2.45, 2.75) is 12.6 Å². The van der Waals surface area contributed by atoms with Crippen LogP contribution in [0.4, 0.5) is 5.69 Å². The van der Waals surface area contributed by atoms with E-state index in [1.807, 2.05) is 54.6 Å². The van der Waals surface area contributed by atoms with Crippen LogP contribution in [0.3, 0.4) is 0 Å². The van der Waals surface area contributed by atoms with Crippen molar-refractivity contribution in [3.63, 3.8) is 0 Å². The number of rotatable bonds is 3. The van der Waals surface area contributed by atoms with Gasteiger partial charge >= 0.3 is 0 Å². The molecule has 0 N–H and O–H groups in total. The van der Waals surface area contributed by atoms with Gasteiger partial charge in [-0.15, -0.1) is 0 Å². The van der Waals surface area contributed by atoms with E-state index >= 15 is 0 Å². The highest BCUT2D eigenvalue weighted by atomic mass is 16.2. The first-order valence-corrected chi connectivity index (χ1v) is 9.51. The highest BCUT2D eigenvalue weighted by Gasteiger charge is 2.61. The summed E-state index contributed by atoms with van der Waals surface area (Å²) in [6.45, 7) is 1.35. The van der Waals surface area contributed by atoms with E-state index < -0.39 is 5.92 Å². The lowest BCUT2D eigenvalue weighted by atomic mass is 9.67. The Labute approximate surface area is 163 Å². The van der Waals surface area contributed by atoms with Gasteiger partial charge in [0.15, 0.2) is 0 Å². The van der Waals surface area contributed by atoms with Crippen molar-refractivity contribution in [2.24, 2.45) is 17.8 Å². The normalized spacial score (nSPS) is 28.8. The number of hydrogen-bond donors (Lipinski definition) is 0. The first kappa shape index (κ1) is 16.9. The van der Waals surface area contributed by atoms with Gasteiger partial charge in [-0.1, -0.05) is 54.6 Å². The molecule has 0 radical (unpaired) electrons. The number of nitrogens with zero attached hydrogens (tertiary/aromatic N) is 3. The molecule has 138 valence electrons. The van der Waals surface area contributed by atoms with Gasteiger partial charge in [-0.2, -0.15) is 5.26 Å². The van der Waals surface area contributed by atoms with E-state index in [0.29, 0.717) is 24.4 Å². The van der Waals surface area contributed by atoms with Crippen molar-refractivity contribution in [1.29, 1.82) is 5.26 Å². The number of para-hydroxylation sites is 1. The minimum Gasteiger partial charge on any atom is -0.290 e. The van der Waals surface area contributed by atoms with E-state index in [4.69, 9.17) is 0 Å². The van der Waals surface area contributed by atoms with Crippen molar-refractivity contribution in [3.8, 4) is 6.07 Å². The van der Waals surface area contributed by atoms with Gasteiger partial charge in [0, 0.05) is 24.6 Å². The molecule has 1 aliphatic carbocycles. The molecule has 0 saturated carbocycles. The molecule has 2 bridgehead atoms. The van der Waals surface area contributed by atoms with Crippen LogP contribution in [0.1, 0.15) is 5.56 Å². The van der Waals surface area contributed by atoms with Crippen LogP contribution in [0.25, 0.3) is 0 Å². The molecule has 2 aromatic rings. The van der Waals surface area contributed by atoms with Crippen LogP contribution in [0, 0.1) is 29.1 Å². The fraction of sp³-hybridized carbons (Fsp3) is 0.261. The summed E-state index contributed by atoms with van der Waals surface area (Å²) < 4.78 is 0. The minimum atomic E-state index is -0.491. The molecule has 28 heavy (non-hydrogen) atoms. The van der Waals surface area contributed by atoms with Gasteiger partial charge in [-0.3, -0.25) is 14.5 Å². The second-order valence-electron chi connectivity index (χ2n) is 7.66. The Hall–Kier alpha value is -3.23. The predicted molar refractivity (Wildman–Crippen MR) is 104 cm³/mol. The van der Waals surface area contributed by atoms with Crippen molar-refractivity contribution >= 4 is 17.5 Å². The van der Waals surface area contributed by atoms with E-state index in [9.17, 15) is 14.9 Å². The molecule has 2 fully saturated rings. The molecular weight excluding hydrogens is 350 g/mol. The molecule has 0 spiro atoms. The highest BCUT2D eigenvalue weighted by molar-refractivity contribution is 6.22. The van der Waals surface area contributed by atoms with E-state index in [0.717, 1.165) is 5.56 Å². The summed E-state index contributed by atoms with van der Waals surface area (Å²) in [6, 6.07) is 21.1. The zero-order valence-corrected chi connectivity index (χ0v) is 15.2. The van der Waals surface area contributed by atoms with Gasteiger partial charge in [-0.05, 0) is 17.7 Å². The van der Waals surface area contributed by atoms with Gasteiger partial charge in [0.2, 0.25) is 11.8 Å². The molecule has 4 atom stereocenters. The van der Waals surface area contributed by atoms with Gasteiger partial charge < -0.3 is 0 Å². The number of benzene rings is 2. The lowest BCUT2D eigenvalue weighted by Crippen LogP contribution is -2.57. The van der Waals surface area contributed by atoms with Crippen LogP contribution in [0.2, 0.25) is 0 Å². The Kier molecular flexibility index (Phi) is 3.88. The molecule has 6 rings (SSSR count). The standard InChI is InChI=1S/C23H19N3O2/c24-12-16-11-17-14-25(13-15-7-3-1-4-8-15)21(16)20-19(17)22(27)26(23(20)28)18-9-5-2-6-10-18/h1-11,17,19-21H,13-14H2. The Morgan fingerprint density at radius 2 is 1.57 bits per heavy atom. The number of hydrogen-bond acceptors (Lipinski definition) is 4. The van der Waals surface area contributed by atoms with Crippen molar-refractivity contribution in [3.05, 3.63) is 77.9 Å². The van der Waals surface area contributed by atoms with Crippen LogP contribution in [0.15, 0.2) is 72.3 Å². The molecule has 4 unspecified atom stereocenters. The van der Waals surface area contributed by atoms with Crippen LogP contribution in [0.5, 0.6) is 0 Å². The van der Waals surface area contributed by atoms with Crippen molar-refractivity contribution < 1.29 is 9.59 Å². The maximum Gasteiger partial charge on any atom is 0.239 e.